The van der Waals surface area contributed by atoms with Gasteiger partial charge in [-0.25, -0.2) is 0 Å². The number of halogens is 1. The zero-order chi connectivity index (χ0) is 20.5. The molecule has 10 heteroatoms. The molecule has 2 aliphatic rings. The minimum Gasteiger partial charge on any atom is -0.476 e. The van der Waals surface area contributed by atoms with Crippen LogP contribution in [0, 0.1) is 0 Å². The van der Waals surface area contributed by atoms with E-state index in [0.29, 0.717) is 16.5 Å². The van der Waals surface area contributed by atoms with E-state index < -0.39 is 5.60 Å². The van der Waals surface area contributed by atoms with E-state index in [9.17, 15) is 19.2 Å². The van der Waals surface area contributed by atoms with E-state index in [2.05, 4.69) is 5.32 Å². The normalized spacial score (nSPS) is 18.2. The van der Waals surface area contributed by atoms with Gasteiger partial charge in [-0.1, -0.05) is 23.4 Å². The van der Waals surface area contributed by atoms with Gasteiger partial charge in [0.25, 0.3) is 11.1 Å². The second-order valence-electron chi connectivity index (χ2n) is 6.88. The predicted octanol–water partition coefficient (Wildman–Crippen LogP) is 2.05. The molecule has 0 atom stereocenters. The number of rotatable bonds is 6. The Morgan fingerprint density at radius 1 is 1.25 bits per heavy atom. The van der Waals surface area contributed by atoms with Gasteiger partial charge in [0, 0.05) is 31.1 Å². The van der Waals surface area contributed by atoms with Crippen LogP contribution >= 0.6 is 23.4 Å². The monoisotopic (exact) mass is 425 g/mol. The van der Waals surface area contributed by atoms with Crippen molar-refractivity contribution in [2.45, 2.75) is 25.9 Å². The number of anilines is 1. The molecule has 1 N–H and O–H groups in total. The molecule has 28 heavy (non-hydrogen) atoms. The van der Waals surface area contributed by atoms with Crippen molar-refractivity contribution in [2.24, 2.45) is 0 Å². The average Bonchev–Trinajstić information content (AvgIpc) is 2.94. The summed E-state index contributed by atoms with van der Waals surface area (Å²) in [6.07, 6.45) is 0.0599. The molecule has 3 rings (SSSR count). The Kier molecular flexibility index (Phi) is 5.85. The number of imide groups is 1. The lowest BCUT2D eigenvalue weighted by Gasteiger charge is -2.38. The van der Waals surface area contributed by atoms with Gasteiger partial charge in [0.2, 0.25) is 11.8 Å². The van der Waals surface area contributed by atoms with Crippen LogP contribution in [0.3, 0.4) is 0 Å². The summed E-state index contributed by atoms with van der Waals surface area (Å²) in [4.78, 5) is 50.6. The zero-order valence-electron chi connectivity index (χ0n) is 15.5. The number of nitrogens with zero attached hydrogens (tertiary/aromatic N) is 2. The molecule has 0 bridgehead atoms. The largest absolute Gasteiger partial charge is 0.476 e. The van der Waals surface area contributed by atoms with Gasteiger partial charge in [-0.2, -0.15) is 0 Å². The second-order valence-corrected chi connectivity index (χ2v) is 8.24. The van der Waals surface area contributed by atoms with Gasteiger partial charge in [-0.3, -0.25) is 24.1 Å². The third kappa shape index (κ3) is 4.25. The van der Waals surface area contributed by atoms with E-state index >= 15 is 0 Å². The van der Waals surface area contributed by atoms with Crippen LogP contribution in [0.4, 0.5) is 10.5 Å². The molecule has 8 nitrogen and oxygen atoms in total. The molecule has 0 aromatic heterocycles. The van der Waals surface area contributed by atoms with Crippen molar-refractivity contribution >= 4 is 52.0 Å². The standard InChI is InChI=1S/C18H20ClN3O5S/c1-18(2)16(25)21(12-9-11(19)3-4-13(12)27-18)7-5-14(23)20-6-8-22-15(24)10-28-17(22)26/h3-4,9H,5-8,10H2,1-2H3,(H,20,23). The predicted molar refractivity (Wildman–Crippen MR) is 106 cm³/mol. The number of amides is 4. The fraction of sp³-hybridized carbons (Fsp3) is 0.444. The Balaban J connectivity index is 1.58. The number of carbonyl (C=O) groups is 4. The maximum absolute atomic E-state index is 12.7. The van der Waals surface area contributed by atoms with Crippen molar-refractivity contribution in [2.75, 3.05) is 30.3 Å². The lowest BCUT2D eigenvalue weighted by Crippen LogP contribution is -2.53. The van der Waals surface area contributed by atoms with Gasteiger partial charge in [0.1, 0.15) is 5.75 Å². The van der Waals surface area contributed by atoms with Crippen molar-refractivity contribution in [3.63, 3.8) is 0 Å². The van der Waals surface area contributed by atoms with E-state index in [1.165, 1.54) is 4.90 Å². The molecule has 150 valence electrons. The Bertz CT molecular complexity index is 829. The second kappa shape index (κ2) is 8.00. The molecular formula is C18H20ClN3O5S. The van der Waals surface area contributed by atoms with Crippen LogP contribution in [0.15, 0.2) is 18.2 Å². The minimum atomic E-state index is -1.05. The molecule has 1 saturated heterocycles. The highest BCUT2D eigenvalue weighted by Crippen LogP contribution is 2.39. The fourth-order valence-corrected chi connectivity index (χ4v) is 3.89. The average molecular weight is 426 g/mol. The van der Waals surface area contributed by atoms with Crippen LogP contribution in [-0.4, -0.2) is 58.8 Å². The molecule has 1 fully saturated rings. The van der Waals surface area contributed by atoms with E-state index in [0.717, 1.165) is 16.7 Å². The maximum Gasteiger partial charge on any atom is 0.288 e. The third-order valence-corrected chi connectivity index (χ3v) is 5.49. The van der Waals surface area contributed by atoms with Gasteiger partial charge in [-0.15, -0.1) is 0 Å². The van der Waals surface area contributed by atoms with Crippen LogP contribution in [0.1, 0.15) is 20.3 Å². The summed E-state index contributed by atoms with van der Waals surface area (Å²) in [5.41, 5.74) is -0.527. The Labute approximate surface area is 171 Å². The van der Waals surface area contributed by atoms with Crippen LogP contribution in [0.2, 0.25) is 5.02 Å². The summed E-state index contributed by atoms with van der Waals surface area (Å²) in [7, 11) is 0. The SMILES string of the molecule is CC1(C)Oc2ccc(Cl)cc2N(CCC(=O)NCCN2C(=O)CSC2=O)C1=O. The van der Waals surface area contributed by atoms with Crippen molar-refractivity contribution in [1.29, 1.82) is 0 Å². The van der Waals surface area contributed by atoms with Crippen LogP contribution < -0.4 is 15.0 Å². The number of fused-ring (bicyclic) bond motifs is 1. The number of carbonyl (C=O) groups excluding carboxylic acids is 4. The quantitative estimate of drug-likeness (QED) is 0.749. The molecule has 4 amide bonds. The van der Waals surface area contributed by atoms with Crippen molar-refractivity contribution < 1.29 is 23.9 Å². The smallest absolute Gasteiger partial charge is 0.288 e. The lowest BCUT2D eigenvalue weighted by molar-refractivity contribution is -0.132. The molecule has 2 heterocycles. The number of benzene rings is 1. The number of hydrogen-bond acceptors (Lipinski definition) is 6. The van der Waals surface area contributed by atoms with E-state index in [4.69, 9.17) is 16.3 Å². The number of ether oxygens (including phenoxy) is 1. The molecule has 2 aliphatic heterocycles. The summed E-state index contributed by atoms with van der Waals surface area (Å²) in [6, 6.07) is 5.00. The molecule has 0 unspecified atom stereocenters. The Morgan fingerprint density at radius 2 is 2.00 bits per heavy atom. The van der Waals surface area contributed by atoms with Gasteiger partial charge < -0.3 is 15.0 Å². The Morgan fingerprint density at radius 3 is 2.68 bits per heavy atom. The van der Waals surface area contributed by atoms with Gasteiger partial charge >= 0.3 is 0 Å². The van der Waals surface area contributed by atoms with E-state index in [1.807, 2.05) is 0 Å². The van der Waals surface area contributed by atoms with Gasteiger partial charge in [0.05, 0.1) is 11.4 Å². The minimum absolute atomic E-state index is 0.0599. The van der Waals surface area contributed by atoms with Gasteiger partial charge in [-0.05, 0) is 32.0 Å². The number of hydrogen-bond donors (Lipinski definition) is 1. The third-order valence-electron chi connectivity index (χ3n) is 4.40. The summed E-state index contributed by atoms with van der Waals surface area (Å²) in [6.45, 7) is 3.80. The zero-order valence-corrected chi connectivity index (χ0v) is 17.1. The molecule has 0 spiro atoms. The topological polar surface area (TPSA) is 96.0 Å². The first-order valence-electron chi connectivity index (χ1n) is 8.73. The lowest BCUT2D eigenvalue weighted by atomic mass is 10.0. The van der Waals surface area contributed by atoms with Crippen molar-refractivity contribution in [3.05, 3.63) is 23.2 Å². The Hall–Kier alpha value is -2.26. The highest BCUT2D eigenvalue weighted by Gasteiger charge is 2.41. The molecule has 0 saturated carbocycles. The first kappa shape index (κ1) is 20.5. The summed E-state index contributed by atoms with van der Waals surface area (Å²) < 4.78 is 5.74. The summed E-state index contributed by atoms with van der Waals surface area (Å²) >= 11 is 7.00. The maximum atomic E-state index is 12.7. The van der Waals surface area contributed by atoms with Crippen molar-refractivity contribution in [3.8, 4) is 5.75 Å². The molecule has 1 aromatic rings. The van der Waals surface area contributed by atoms with Crippen LogP contribution in [0.5, 0.6) is 5.75 Å². The van der Waals surface area contributed by atoms with E-state index in [1.54, 1.807) is 32.0 Å². The highest BCUT2D eigenvalue weighted by atomic mass is 35.5. The highest BCUT2D eigenvalue weighted by molar-refractivity contribution is 8.14. The molecular weight excluding hydrogens is 406 g/mol. The van der Waals surface area contributed by atoms with Crippen LogP contribution in [0.25, 0.3) is 0 Å². The first-order chi connectivity index (χ1) is 13.2. The van der Waals surface area contributed by atoms with Crippen molar-refractivity contribution in [1.82, 2.24) is 10.2 Å². The molecule has 0 aliphatic carbocycles. The summed E-state index contributed by atoms with van der Waals surface area (Å²) in [5, 5.41) is 2.83. The van der Waals surface area contributed by atoms with E-state index in [-0.39, 0.29) is 54.8 Å². The van der Waals surface area contributed by atoms with Crippen LogP contribution in [-0.2, 0) is 14.4 Å². The molecule has 0 radical (unpaired) electrons. The number of nitrogens with one attached hydrogen (secondary N) is 1. The first-order valence-corrected chi connectivity index (χ1v) is 10.1. The fourth-order valence-electron chi connectivity index (χ4n) is 2.97. The number of thioether (sulfide) groups is 1. The van der Waals surface area contributed by atoms with Gasteiger partial charge in [0.15, 0.2) is 5.60 Å². The molecule has 1 aromatic carbocycles. The summed E-state index contributed by atoms with van der Waals surface area (Å²) in [5.74, 6) is -0.131.